The maximum Gasteiger partial charge on any atom is 0.319 e. The monoisotopic (exact) mass is 348 g/mol. The van der Waals surface area contributed by atoms with Crippen molar-refractivity contribution in [2.75, 3.05) is 18.5 Å². The minimum atomic E-state index is -0.523. The second-order valence-electron chi connectivity index (χ2n) is 5.64. The number of amides is 2. The molecule has 2 N–H and O–H groups in total. The van der Waals surface area contributed by atoms with Crippen LogP contribution in [-0.4, -0.2) is 19.2 Å². The van der Waals surface area contributed by atoms with Gasteiger partial charge in [-0.3, -0.25) is 0 Å². The minimum absolute atomic E-state index is 0.0345. The highest BCUT2D eigenvalue weighted by Crippen LogP contribution is 2.25. The van der Waals surface area contributed by atoms with E-state index in [0.29, 0.717) is 18.8 Å². The zero-order valence-corrected chi connectivity index (χ0v) is 13.8. The number of halogens is 2. The summed E-state index contributed by atoms with van der Waals surface area (Å²) in [7, 11) is 0. The Balaban J connectivity index is 1.41. The van der Waals surface area contributed by atoms with Crippen LogP contribution >= 0.6 is 11.6 Å². The van der Waals surface area contributed by atoms with Crippen LogP contribution < -0.4 is 15.4 Å². The predicted octanol–water partition coefficient (Wildman–Crippen LogP) is 4.17. The summed E-state index contributed by atoms with van der Waals surface area (Å²) in [5.74, 6) is 0.300. The number of aryl methyl sites for hydroxylation is 2. The molecular formula is C18H18ClFN2O2. The van der Waals surface area contributed by atoms with Gasteiger partial charge in [-0.2, -0.15) is 0 Å². The summed E-state index contributed by atoms with van der Waals surface area (Å²) >= 11 is 5.67. The number of nitrogens with one attached hydrogen (secondary N) is 2. The highest BCUT2D eigenvalue weighted by Gasteiger charge is 2.11. The first-order chi connectivity index (χ1) is 11.6. The third-order valence-electron chi connectivity index (χ3n) is 3.90. The number of ether oxygens (including phenoxy) is 1. The molecule has 0 fully saturated rings. The van der Waals surface area contributed by atoms with Gasteiger partial charge in [0, 0.05) is 5.69 Å². The predicted molar refractivity (Wildman–Crippen MR) is 92.4 cm³/mol. The van der Waals surface area contributed by atoms with Crippen molar-refractivity contribution in [3.05, 3.63) is 58.4 Å². The summed E-state index contributed by atoms with van der Waals surface area (Å²) < 4.78 is 18.7. The Kier molecular flexibility index (Phi) is 5.20. The third kappa shape index (κ3) is 4.17. The lowest BCUT2D eigenvalue weighted by molar-refractivity contribution is 0.247. The molecule has 0 unspecified atom stereocenters. The molecule has 0 atom stereocenters. The Morgan fingerprint density at radius 2 is 2.00 bits per heavy atom. The highest BCUT2D eigenvalue weighted by atomic mass is 35.5. The SMILES string of the molecule is O=C(NCCOc1ccc2c(c1)CCC2)Nc1ccc(F)c(Cl)c1. The van der Waals surface area contributed by atoms with Gasteiger partial charge in [0.25, 0.3) is 0 Å². The van der Waals surface area contributed by atoms with Crippen LogP contribution in [0.3, 0.4) is 0 Å². The van der Waals surface area contributed by atoms with Crippen LogP contribution in [0, 0.1) is 5.82 Å². The van der Waals surface area contributed by atoms with E-state index in [9.17, 15) is 9.18 Å². The molecule has 2 amide bonds. The van der Waals surface area contributed by atoms with Crippen molar-refractivity contribution in [1.29, 1.82) is 0 Å². The molecule has 0 saturated heterocycles. The molecule has 0 bridgehead atoms. The maximum atomic E-state index is 13.1. The van der Waals surface area contributed by atoms with Gasteiger partial charge in [-0.05, 0) is 60.7 Å². The molecule has 6 heteroatoms. The van der Waals surface area contributed by atoms with Crippen LogP contribution in [0.25, 0.3) is 0 Å². The number of benzene rings is 2. The van der Waals surface area contributed by atoms with Gasteiger partial charge in [0.05, 0.1) is 11.6 Å². The standard InChI is InChI=1S/C18H18ClFN2O2/c19-16-11-14(5-7-17(16)20)22-18(23)21-8-9-24-15-6-4-12-2-1-3-13(12)10-15/h4-7,10-11H,1-3,8-9H2,(H2,21,22,23). The van der Waals surface area contributed by atoms with Gasteiger partial charge in [0.15, 0.2) is 0 Å². The summed E-state index contributed by atoms with van der Waals surface area (Å²) in [4.78, 5) is 11.8. The highest BCUT2D eigenvalue weighted by molar-refractivity contribution is 6.31. The van der Waals surface area contributed by atoms with Crippen molar-refractivity contribution in [2.24, 2.45) is 0 Å². The van der Waals surface area contributed by atoms with Crippen LogP contribution in [0.15, 0.2) is 36.4 Å². The molecule has 3 rings (SSSR count). The van der Waals surface area contributed by atoms with Gasteiger partial charge in [0.2, 0.25) is 0 Å². The fourth-order valence-corrected chi connectivity index (χ4v) is 2.90. The summed E-state index contributed by atoms with van der Waals surface area (Å²) in [5, 5.41) is 5.23. The first-order valence-corrected chi connectivity index (χ1v) is 8.24. The third-order valence-corrected chi connectivity index (χ3v) is 4.19. The van der Waals surface area contributed by atoms with Gasteiger partial charge in [-0.15, -0.1) is 0 Å². The second kappa shape index (κ2) is 7.53. The molecule has 1 aliphatic rings. The minimum Gasteiger partial charge on any atom is -0.492 e. The Morgan fingerprint density at radius 1 is 1.17 bits per heavy atom. The van der Waals surface area contributed by atoms with E-state index in [2.05, 4.69) is 22.8 Å². The molecule has 0 aliphatic heterocycles. The number of hydrogen-bond donors (Lipinski definition) is 2. The molecule has 0 spiro atoms. The van der Waals surface area contributed by atoms with Gasteiger partial charge in [-0.1, -0.05) is 17.7 Å². The Hall–Kier alpha value is -2.27. The topological polar surface area (TPSA) is 50.4 Å². The maximum absolute atomic E-state index is 13.1. The van der Waals surface area contributed by atoms with Crippen molar-refractivity contribution in [1.82, 2.24) is 5.32 Å². The Bertz CT molecular complexity index is 752. The number of anilines is 1. The van der Waals surface area contributed by atoms with Crippen molar-refractivity contribution < 1.29 is 13.9 Å². The van der Waals surface area contributed by atoms with Crippen LogP contribution in [0.2, 0.25) is 5.02 Å². The van der Waals surface area contributed by atoms with Gasteiger partial charge in [0.1, 0.15) is 18.2 Å². The Labute approximate surface area is 145 Å². The fourth-order valence-electron chi connectivity index (χ4n) is 2.72. The number of hydrogen-bond acceptors (Lipinski definition) is 2. The van der Waals surface area contributed by atoms with Crippen molar-refractivity contribution >= 4 is 23.3 Å². The lowest BCUT2D eigenvalue weighted by Gasteiger charge is -2.10. The summed E-state index contributed by atoms with van der Waals surface area (Å²) in [5.41, 5.74) is 3.18. The second-order valence-corrected chi connectivity index (χ2v) is 6.05. The molecule has 0 radical (unpaired) electrons. The molecule has 2 aromatic carbocycles. The molecule has 24 heavy (non-hydrogen) atoms. The average molecular weight is 349 g/mol. The van der Waals surface area contributed by atoms with Gasteiger partial charge in [-0.25, -0.2) is 9.18 Å². The summed E-state index contributed by atoms with van der Waals surface area (Å²) in [6, 6.07) is 9.76. The van der Waals surface area contributed by atoms with Crippen LogP contribution in [0.1, 0.15) is 17.5 Å². The van der Waals surface area contributed by atoms with E-state index in [1.54, 1.807) is 0 Å². The zero-order valence-electron chi connectivity index (χ0n) is 13.1. The molecule has 0 aromatic heterocycles. The van der Waals surface area contributed by atoms with Crippen LogP contribution in [-0.2, 0) is 12.8 Å². The first-order valence-electron chi connectivity index (χ1n) is 7.86. The lowest BCUT2D eigenvalue weighted by atomic mass is 10.1. The zero-order chi connectivity index (χ0) is 16.9. The number of carbonyl (C=O) groups is 1. The molecule has 1 aliphatic carbocycles. The van der Waals surface area contributed by atoms with Crippen molar-refractivity contribution in [3.63, 3.8) is 0 Å². The van der Waals surface area contributed by atoms with Crippen LogP contribution in [0.4, 0.5) is 14.9 Å². The Morgan fingerprint density at radius 3 is 2.83 bits per heavy atom. The molecular weight excluding hydrogens is 331 g/mol. The van der Waals surface area contributed by atoms with Crippen molar-refractivity contribution in [2.45, 2.75) is 19.3 Å². The van der Waals surface area contributed by atoms with E-state index in [4.69, 9.17) is 16.3 Å². The summed E-state index contributed by atoms with van der Waals surface area (Å²) in [6.45, 7) is 0.730. The first kappa shape index (κ1) is 16.6. The summed E-state index contributed by atoms with van der Waals surface area (Å²) in [6.07, 6.45) is 3.45. The fraction of sp³-hybridized carbons (Fsp3) is 0.278. The van der Waals surface area contributed by atoms with Gasteiger partial charge < -0.3 is 15.4 Å². The van der Waals surface area contributed by atoms with E-state index in [1.807, 2.05) is 6.07 Å². The van der Waals surface area contributed by atoms with E-state index < -0.39 is 11.8 Å². The molecule has 4 nitrogen and oxygen atoms in total. The number of carbonyl (C=O) groups excluding carboxylic acids is 1. The van der Waals surface area contributed by atoms with E-state index in [1.165, 1.54) is 35.7 Å². The number of fused-ring (bicyclic) bond motifs is 1. The molecule has 2 aromatic rings. The average Bonchev–Trinajstić information content (AvgIpc) is 3.03. The van der Waals surface area contributed by atoms with Crippen molar-refractivity contribution in [3.8, 4) is 5.75 Å². The number of rotatable bonds is 5. The molecule has 0 saturated carbocycles. The van der Waals surface area contributed by atoms with Crippen LogP contribution in [0.5, 0.6) is 5.75 Å². The quantitative estimate of drug-likeness (QED) is 0.797. The van der Waals surface area contributed by atoms with E-state index >= 15 is 0 Å². The normalized spacial score (nSPS) is 12.6. The molecule has 126 valence electrons. The smallest absolute Gasteiger partial charge is 0.319 e. The van der Waals surface area contributed by atoms with E-state index in [0.717, 1.165) is 18.6 Å². The van der Waals surface area contributed by atoms with Gasteiger partial charge >= 0.3 is 6.03 Å². The van der Waals surface area contributed by atoms with E-state index in [-0.39, 0.29) is 5.02 Å². The molecule has 0 heterocycles. The number of urea groups is 1. The lowest BCUT2D eigenvalue weighted by Crippen LogP contribution is -2.32. The largest absolute Gasteiger partial charge is 0.492 e.